The van der Waals surface area contributed by atoms with Crippen LogP contribution in [0.15, 0.2) is 60.7 Å². The van der Waals surface area contributed by atoms with Gasteiger partial charge >= 0.3 is 0 Å². The van der Waals surface area contributed by atoms with Crippen molar-refractivity contribution in [2.75, 3.05) is 0 Å². The van der Waals surface area contributed by atoms with Crippen molar-refractivity contribution < 1.29 is 9.90 Å². The highest BCUT2D eigenvalue weighted by Crippen LogP contribution is 2.32. The summed E-state index contributed by atoms with van der Waals surface area (Å²) in [4.78, 5) is 11.3. The lowest BCUT2D eigenvalue weighted by Gasteiger charge is -2.10. The summed E-state index contributed by atoms with van der Waals surface area (Å²) in [5, 5.41) is 11.9. The van der Waals surface area contributed by atoms with Crippen molar-refractivity contribution in [3.05, 3.63) is 77.4 Å². The van der Waals surface area contributed by atoms with Crippen LogP contribution in [-0.2, 0) is 6.42 Å². The van der Waals surface area contributed by atoms with Gasteiger partial charge in [-0.05, 0) is 22.6 Å². The highest BCUT2D eigenvalue weighted by Gasteiger charge is 2.11. The molecule has 98 valence electrons. The molecule has 0 saturated carbocycles. The Hall–Kier alpha value is -2.61. The van der Waals surface area contributed by atoms with Gasteiger partial charge in [0, 0.05) is 17.4 Å². The van der Waals surface area contributed by atoms with Gasteiger partial charge in [-0.2, -0.15) is 0 Å². The molecule has 0 aliphatic carbocycles. The Morgan fingerprint density at radius 3 is 2.25 bits per heavy atom. The summed E-state index contributed by atoms with van der Waals surface area (Å²) in [6.07, 6.45) is 1.45. The number of benzene rings is 3. The fourth-order valence-corrected chi connectivity index (χ4v) is 2.50. The molecule has 0 aromatic heterocycles. The van der Waals surface area contributed by atoms with E-state index in [0.29, 0.717) is 12.0 Å². The Morgan fingerprint density at radius 2 is 1.55 bits per heavy atom. The first-order valence-corrected chi connectivity index (χ1v) is 6.52. The third kappa shape index (κ3) is 2.16. The van der Waals surface area contributed by atoms with Crippen LogP contribution in [0.1, 0.15) is 21.5 Å². The number of rotatable bonds is 3. The van der Waals surface area contributed by atoms with Gasteiger partial charge in [0.1, 0.15) is 5.75 Å². The minimum absolute atomic E-state index is 0.259. The molecule has 1 N–H and O–H groups in total. The zero-order valence-electron chi connectivity index (χ0n) is 10.9. The van der Waals surface area contributed by atoms with Crippen molar-refractivity contribution in [3.63, 3.8) is 0 Å². The molecule has 0 fully saturated rings. The number of fused-ring (bicyclic) bond motifs is 1. The molecule has 0 amide bonds. The molecular weight excluding hydrogens is 248 g/mol. The number of phenols is 1. The Bertz CT molecular complexity index is 761. The topological polar surface area (TPSA) is 37.3 Å². The lowest BCUT2D eigenvalue weighted by molar-refractivity contribution is 0.112. The lowest BCUT2D eigenvalue weighted by Crippen LogP contribution is -1.93. The molecule has 0 bridgehead atoms. The fourth-order valence-electron chi connectivity index (χ4n) is 2.50. The van der Waals surface area contributed by atoms with E-state index in [2.05, 4.69) is 0 Å². The van der Waals surface area contributed by atoms with Gasteiger partial charge in [-0.3, -0.25) is 4.79 Å². The van der Waals surface area contributed by atoms with E-state index in [1.165, 1.54) is 0 Å². The predicted octanol–water partition coefficient (Wildman–Crippen LogP) is 3.95. The molecule has 3 rings (SSSR count). The van der Waals surface area contributed by atoms with Crippen molar-refractivity contribution >= 4 is 17.1 Å². The van der Waals surface area contributed by atoms with Gasteiger partial charge in [0.25, 0.3) is 0 Å². The molecule has 0 heterocycles. The number of phenolic OH excluding ortho intramolecular Hbond substituents is 1. The first-order valence-electron chi connectivity index (χ1n) is 6.52. The van der Waals surface area contributed by atoms with Gasteiger partial charge < -0.3 is 5.11 Å². The fraction of sp³-hybridized carbons (Fsp3) is 0.0556. The first kappa shape index (κ1) is 12.4. The maximum atomic E-state index is 11.3. The number of hydrogen-bond acceptors (Lipinski definition) is 2. The summed E-state index contributed by atoms with van der Waals surface area (Å²) in [5.74, 6) is 0.259. The van der Waals surface area contributed by atoms with E-state index in [4.69, 9.17) is 0 Å². The molecule has 0 aliphatic rings. The van der Waals surface area contributed by atoms with Gasteiger partial charge in [-0.1, -0.05) is 54.6 Å². The van der Waals surface area contributed by atoms with Crippen LogP contribution in [0.2, 0.25) is 0 Å². The minimum atomic E-state index is 0.259. The molecule has 2 heteroatoms. The second-order valence-corrected chi connectivity index (χ2v) is 4.80. The second-order valence-electron chi connectivity index (χ2n) is 4.80. The van der Waals surface area contributed by atoms with Crippen LogP contribution >= 0.6 is 0 Å². The van der Waals surface area contributed by atoms with Crippen molar-refractivity contribution in [2.45, 2.75) is 6.42 Å². The van der Waals surface area contributed by atoms with E-state index >= 15 is 0 Å². The van der Waals surface area contributed by atoms with Crippen LogP contribution in [0.3, 0.4) is 0 Å². The van der Waals surface area contributed by atoms with E-state index < -0.39 is 0 Å². The molecule has 0 aliphatic heterocycles. The van der Waals surface area contributed by atoms with Crippen LogP contribution in [0.5, 0.6) is 5.75 Å². The molecule has 0 spiro atoms. The standard InChI is InChI=1S/C18H14O2/c19-12-15-11-14(10-13-6-2-1-3-7-13)18(20)17-9-5-4-8-16(15)17/h1-9,11-12,20H,10H2. The van der Waals surface area contributed by atoms with Crippen LogP contribution in [0, 0.1) is 0 Å². The van der Waals surface area contributed by atoms with Crippen LogP contribution in [0.4, 0.5) is 0 Å². The largest absolute Gasteiger partial charge is 0.507 e. The third-order valence-corrected chi connectivity index (χ3v) is 3.49. The summed E-state index contributed by atoms with van der Waals surface area (Å²) in [7, 11) is 0. The molecule has 0 unspecified atom stereocenters. The smallest absolute Gasteiger partial charge is 0.150 e. The molecule has 0 atom stereocenters. The van der Waals surface area contributed by atoms with Gasteiger partial charge in [0.2, 0.25) is 0 Å². The van der Waals surface area contributed by atoms with E-state index in [9.17, 15) is 9.90 Å². The van der Waals surface area contributed by atoms with Crippen LogP contribution < -0.4 is 0 Å². The number of aldehydes is 1. The molecule has 0 radical (unpaired) electrons. The summed E-state index contributed by atoms with van der Waals surface area (Å²) < 4.78 is 0. The lowest BCUT2D eigenvalue weighted by atomic mass is 9.96. The van der Waals surface area contributed by atoms with E-state index in [0.717, 1.165) is 28.2 Å². The molecule has 20 heavy (non-hydrogen) atoms. The van der Waals surface area contributed by atoms with Gasteiger partial charge in [-0.15, -0.1) is 0 Å². The number of carbonyl (C=O) groups is 1. The van der Waals surface area contributed by atoms with Gasteiger partial charge in [0.05, 0.1) is 0 Å². The number of hydrogen-bond donors (Lipinski definition) is 1. The monoisotopic (exact) mass is 262 g/mol. The Labute approximate surface area is 117 Å². The van der Waals surface area contributed by atoms with Crippen LogP contribution in [0.25, 0.3) is 10.8 Å². The van der Waals surface area contributed by atoms with Crippen molar-refractivity contribution in [1.82, 2.24) is 0 Å². The van der Waals surface area contributed by atoms with E-state index in [1.54, 1.807) is 6.07 Å². The molecule has 3 aromatic carbocycles. The quantitative estimate of drug-likeness (QED) is 0.726. The van der Waals surface area contributed by atoms with Crippen molar-refractivity contribution in [3.8, 4) is 5.75 Å². The Balaban J connectivity index is 2.16. The van der Waals surface area contributed by atoms with Gasteiger partial charge in [0.15, 0.2) is 6.29 Å². The highest BCUT2D eigenvalue weighted by atomic mass is 16.3. The SMILES string of the molecule is O=Cc1cc(Cc2ccccc2)c(O)c2ccccc12. The number of carbonyl (C=O) groups excluding carboxylic acids is 1. The highest BCUT2D eigenvalue weighted by molar-refractivity contribution is 6.01. The van der Waals surface area contributed by atoms with E-state index in [1.807, 2.05) is 54.6 Å². The Morgan fingerprint density at radius 1 is 0.900 bits per heavy atom. The van der Waals surface area contributed by atoms with Crippen molar-refractivity contribution in [2.24, 2.45) is 0 Å². The third-order valence-electron chi connectivity index (χ3n) is 3.49. The maximum absolute atomic E-state index is 11.3. The predicted molar refractivity (Wildman–Crippen MR) is 80.2 cm³/mol. The molecular formula is C18H14O2. The normalized spacial score (nSPS) is 10.6. The number of aromatic hydroxyl groups is 1. The first-order chi connectivity index (χ1) is 9.79. The molecule has 3 aromatic rings. The van der Waals surface area contributed by atoms with Crippen LogP contribution in [-0.4, -0.2) is 11.4 Å². The summed E-state index contributed by atoms with van der Waals surface area (Å²) >= 11 is 0. The van der Waals surface area contributed by atoms with Crippen molar-refractivity contribution in [1.29, 1.82) is 0 Å². The summed E-state index contributed by atoms with van der Waals surface area (Å²) in [5.41, 5.74) is 2.50. The maximum Gasteiger partial charge on any atom is 0.150 e. The second kappa shape index (κ2) is 5.17. The summed E-state index contributed by atoms with van der Waals surface area (Å²) in [6, 6.07) is 19.1. The zero-order chi connectivity index (χ0) is 13.9. The van der Waals surface area contributed by atoms with Gasteiger partial charge in [-0.25, -0.2) is 0 Å². The average molecular weight is 262 g/mol. The molecule has 2 nitrogen and oxygen atoms in total. The zero-order valence-corrected chi connectivity index (χ0v) is 10.9. The Kier molecular flexibility index (Phi) is 3.21. The minimum Gasteiger partial charge on any atom is -0.507 e. The average Bonchev–Trinajstić information content (AvgIpc) is 2.51. The van der Waals surface area contributed by atoms with E-state index in [-0.39, 0.29) is 5.75 Å². The summed E-state index contributed by atoms with van der Waals surface area (Å²) in [6.45, 7) is 0. The molecule has 0 saturated heterocycles.